The molecule has 0 aliphatic heterocycles. The molecule has 0 spiro atoms. The highest BCUT2D eigenvalue weighted by molar-refractivity contribution is 5.92. The topological polar surface area (TPSA) is 64.7 Å². The minimum absolute atomic E-state index is 0.160. The lowest BCUT2D eigenvalue weighted by Gasteiger charge is -2.04. The van der Waals surface area contributed by atoms with Gasteiger partial charge in [0, 0.05) is 37.1 Å². The molecule has 2 aromatic rings. The number of amides is 1. The zero-order valence-electron chi connectivity index (χ0n) is 11.8. The minimum Gasteiger partial charge on any atom is -0.346 e. The summed E-state index contributed by atoms with van der Waals surface area (Å²) in [4.78, 5) is 12.0. The Morgan fingerprint density at radius 2 is 2.16 bits per heavy atom. The number of aromatic nitrogens is 4. The van der Waals surface area contributed by atoms with Crippen molar-refractivity contribution in [1.29, 1.82) is 0 Å². The molecule has 19 heavy (non-hydrogen) atoms. The fourth-order valence-electron chi connectivity index (χ4n) is 1.92. The molecule has 0 saturated carbocycles. The van der Waals surface area contributed by atoms with Crippen LogP contribution in [0.4, 0.5) is 0 Å². The highest BCUT2D eigenvalue weighted by Crippen LogP contribution is 2.07. The number of hydrogen-bond donors (Lipinski definition) is 1. The summed E-state index contributed by atoms with van der Waals surface area (Å²) in [7, 11) is 1.82. The summed E-state index contributed by atoms with van der Waals surface area (Å²) in [6.07, 6.45) is 1.79. The molecule has 0 aliphatic carbocycles. The molecule has 102 valence electrons. The summed E-state index contributed by atoms with van der Waals surface area (Å²) in [6, 6.07) is 1.78. The van der Waals surface area contributed by atoms with Gasteiger partial charge in [0.05, 0.1) is 6.20 Å². The van der Waals surface area contributed by atoms with Crippen molar-refractivity contribution in [2.45, 2.75) is 33.9 Å². The first-order chi connectivity index (χ1) is 9.02. The van der Waals surface area contributed by atoms with Crippen LogP contribution in [0.1, 0.15) is 34.4 Å². The van der Waals surface area contributed by atoms with Gasteiger partial charge >= 0.3 is 0 Å². The molecule has 6 heteroatoms. The maximum absolute atomic E-state index is 12.0. The van der Waals surface area contributed by atoms with Gasteiger partial charge < -0.3 is 5.32 Å². The molecule has 0 aromatic carbocycles. The van der Waals surface area contributed by atoms with Crippen LogP contribution in [0, 0.1) is 13.8 Å². The number of nitrogens with one attached hydrogen (secondary N) is 1. The van der Waals surface area contributed by atoms with Crippen LogP contribution < -0.4 is 5.32 Å². The molecule has 0 saturated heterocycles. The first-order valence-electron chi connectivity index (χ1n) is 6.33. The van der Waals surface area contributed by atoms with E-state index in [-0.39, 0.29) is 5.91 Å². The number of aryl methyl sites for hydroxylation is 3. The lowest BCUT2D eigenvalue weighted by Crippen LogP contribution is -2.23. The molecule has 0 unspecified atom stereocenters. The third kappa shape index (κ3) is 2.67. The largest absolute Gasteiger partial charge is 0.346 e. The smallest absolute Gasteiger partial charge is 0.272 e. The van der Waals surface area contributed by atoms with E-state index in [9.17, 15) is 4.79 Å². The van der Waals surface area contributed by atoms with Crippen molar-refractivity contribution in [3.63, 3.8) is 0 Å². The van der Waals surface area contributed by atoms with Gasteiger partial charge in [-0.1, -0.05) is 0 Å². The van der Waals surface area contributed by atoms with E-state index >= 15 is 0 Å². The van der Waals surface area contributed by atoms with Gasteiger partial charge in [-0.3, -0.25) is 14.2 Å². The maximum atomic E-state index is 12.0. The fraction of sp³-hybridized carbons (Fsp3) is 0.462. The Hall–Kier alpha value is -2.11. The van der Waals surface area contributed by atoms with Crippen molar-refractivity contribution >= 4 is 5.91 Å². The lowest BCUT2D eigenvalue weighted by atomic mass is 10.2. The number of nitrogens with zero attached hydrogens (tertiary/aromatic N) is 4. The van der Waals surface area contributed by atoms with Crippen LogP contribution in [0.2, 0.25) is 0 Å². The third-order valence-electron chi connectivity index (χ3n) is 3.29. The van der Waals surface area contributed by atoms with Gasteiger partial charge in [-0.25, -0.2) is 0 Å². The van der Waals surface area contributed by atoms with E-state index in [1.165, 1.54) is 0 Å². The predicted molar refractivity (Wildman–Crippen MR) is 71.8 cm³/mol. The maximum Gasteiger partial charge on any atom is 0.272 e. The van der Waals surface area contributed by atoms with Crippen LogP contribution in [-0.2, 0) is 20.1 Å². The Morgan fingerprint density at radius 1 is 1.42 bits per heavy atom. The van der Waals surface area contributed by atoms with Gasteiger partial charge in [-0.2, -0.15) is 10.2 Å². The summed E-state index contributed by atoms with van der Waals surface area (Å²) >= 11 is 0. The van der Waals surface area contributed by atoms with Gasteiger partial charge in [0.1, 0.15) is 5.69 Å². The van der Waals surface area contributed by atoms with Crippen molar-refractivity contribution in [3.8, 4) is 0 Å². The highest BCUT2D eigenvalue weighted by atomic mass is 16.1. The van der Waals surface area contributed by atoms with E-state index in [2.05, 4.69) is 15.5 Å². The van der Waals surface area contributed by atoms with Crippen molar-refractivity contribution in [2.24, 2.45) is 7.05 Å². The van der Waals surface area contributed by atoms with E-state index in [1.54, 1.807) is 16.9 Å². The summed E-state index contributed by atoms with van der Waals surface area (Å²) in [5.41, 5.74) is 3.52. The SMILES string of the molecule is CCn1ncc(CNC(=O)c2cc(C)n(C)n2)c1C. The zero-order valence-corrected chi connectivity index (χ0v) is 11.8. The van der Waals surface area contributed by atoms with Gasteiger partial charge in [0.15, 0.2) is 0 Å². The van der Waals surface area contributed by atoms with Crippen molar-refractivity contribution in [3.05, 3.63) is 34.9 Å². The molecule has 0 bridgehead atoms. The van der Waals surface area contributed by atoms with Crippen molar-refractivity contribution < 1.29 is 4.79 Å². The average molecular weight is 261 g/mol. The molecule has 2 aromatic heterocycles. The van der Waals surface area contributed by atoms with Crippen molar-refractivity contribution in [1.82, 2.24) is 24.9 Å². The minimum atomic E-state index is -0.160. The second kappa shape index (κ2) is 5.26. The normalized spacial score (nSPS) is 10.7. The molecule has 6 nitrogen and oxygen atoms in total. The van der Waals surface area contributed by atoms with E-state index < -0.39 is 0 Å². The van der Waals surface area contributed by atoms with Crippen LogP contribution in [0.15, 0.2) is 12.3 Å². The molecule has 2 heterocycles. The number of rotatable bonds is 4. The summed E-state index contributed by atoms with van der Waals surface area (Å²) in [5.74, 6) is -0.160. The number of hydrogen-bond acceptors (Lipinski definition) is 3. The van der Waals surface area contributed by atoms with Crippen LogP contribution >= 0.6 is 0 Å². The summed E-state index contributed by atoms with van der Waals surface area (Å²) in [5, 5.41) is 11.3. The molecule has 1 N–H and O–H groups in total. The highest BCUT2D eigenvalue weighted by Gasteiger charge is 2.12. The first kappa shape index (κ1) is 13.3. The first-order valence-corrected chi connectivity index (χ1v) is 6.33. The van der Waals surface area contributed by atoms with Gasteiger partial charge in [0.2, 0.25) is 0 Å². The Morgan fingerprint density at radius 3 is 2.68 bits per heavy atom. The molecular formula is C13H19N5O. The standard InChI is InChI=1S/C13H19N5O/c1-5-18-10(3)11(8-15-18)7-14-13(19)12-6-9(2)17(4)16-12/h6,8H,5,7H2,1-4H3,(H,14,19). The quantitative estimate of drug-likeness (QED) is 0.899. The Kier molecular flexibility index (Phi) is 3.69. The van der Waals surface area contributed by atoms with Gasteiger partial charge in [-0.05, 0) is 26.8 Å². The number of carbonyl (C=O) groups excluding carboxylic acids is 1. The van der Waals surface area contributed by atoms with E-state index in [0.29, 0.717) is 12.2 Å². The Labute approximate surface area is 112 Å². The summed E-state index contributed by atoms with van der Waals surface area (Å²) in [6.45, 7) is 7.26. The zero-order chi connectivity index (χ0) is 14.0. The second-order valence-corrected chi connectivity index (χ2v) is 4.55. The molecule has 0 fully saturated rings. The van der Waals surface area contributed by atoms with Crippen LogP contribution in [0.25, 0.3) is 0 Å². The molecule has 2 rings (SSSR count). The van der Waals surface area contributed by atoms with Crippen LogP contribution in [0.3, 0.4) is 0 Å². The number of carbonyl (C=O) groups is 1. The van der Waals surface area contributed by atoms with E-state index in [0.717, 1.165) is 23.5 Å². The second-order valence-electron chi connectivity index (χ2n) is 4.55. The van der Waals surface area contributed by atoms with Gasteiger partial charge in [-0.15, -0.1) is 0 Å². The Balaban J connectivity index is 2.02. The lowest BCUT2D eigenvalue weighted by molar-refractivity contribution is 0.0945. The average Bonchev–Trinajstić information content (AvgIpc) is 2.91. The molecular weight excluding hydrogens is 242 g/mol. The Bertz CT molecular complexity index is 577. The van der Waals surface area contributed by atoms with Crippen LogP contribution in [-0.4, -0.2) is 25.5 Å². The predicted octanol–water partition coefficient (Wildman–Crippen LogP) is 1.18. The molecule has 1 amide bonds. The fourth-order valence-corrected chi connectivity index (χ4v) is 1.92. The molecule has 0 atom stereocenters. The van der Waals surface area contributed by atoms with E-state index in [1.807, 2.05) is 32.5 Å². The molecule has 0 aliphatic rings. The van der Waals surface area contributed by atoms with Gasteiger partial charge in [0.25, 0.3) is 5.91 Å². The van der Waals surface area contributed by atoms with Crippen LogP contribution in [0.5, 0.6) is 0 Å². The summed E-state index contributed by atoms with van der Waals surface area (Å²) < 4.78 is 3.60. The van der Waals surface area contributed by atoms with E-state index in [4.69, 9.17) is 0 Å². The monoisotopic (exact) mass is 261 g/mol. The molecule has 0 radical (unpaired) electrons. The van der Waals surface area contributed by atoms with Crippen molar-refractivity contribution in [2.75, 3.05) is 0 Å². The third-order valence-corrected chi connectivity index (χ3v) is 3.29.